The van der Waals surface area contributed by atoms with Crippen LogP contribution >= 0.6 is 0 Å². The first-order chi connectivity index (χ1) is 5.63. The van der Waals surface area contributed by atoms with Crippen LogP contribution in [0, 0.1) is 5.92 Å². The van der Waals surface area contributed by atoms with E-state index in [1.807, 2.05) is 0 Å². The third-order valence-electron chi connectivity index (χ3n) is 2.64. The Labute approximate surface area is 71.9 Å². The fourth-order valence-electron chi connectivity index (χ4n) is 1.80. The minimum Gasteiger partial charge on any atom is -0.480 e. The quantitative estimate of drug-likeness (QED) is 0.555. The van der Waals surface area contributed by atoms with Gasteiger partial charge in [0, 0.05) is 6.04 Å². The van der Waals surface area contributed by atoms with E-state index in [-0.39, 0.29) is 6.04 Å². The van der Waals surface area contributed by atoms with Gasteiger partial charge in [0.05, 0.1) is 0 Å². The third-order valence-corrected chi connectivity index (χ3v) is 2.64. The van der Waals surface area contributed by atoms with Gasteiger partial charge in [-0.3, -0.25) is 4.79 Å². The van der Waals surface area contributed by atoms with Gasteiger partial charge >= 0.3 is 5.97 Å². The van der Waals surface area contributed by atoms with Gasteiger partial charge in [0.1, 0.15) is 6.04 Å². The van der Waals surface area contributed by atoms with E-state index in [9.17, 15) is 4.79 Å². The van der Waals surface area contributed by atoms with Crippen molar-refractivity contribution in [3.63, 3.8) is 0 Å². The molecule has 0 spiro atoms. The minimum atomic E-state index is -0.991. The molecule has 5 N–H and O–H groups in total. The molecule has 1 aliphatic rings. The SMILES string of the molecule is NC(C(=O)O)C(N)C1CCCC1. The second kappa shape index (κ2) is 3.87. The fraction of sp³-hybridized carbons (Fsp3) is 0.875. The van der Waals surface area contributed by atoms with E-state index in [2.05, 4.69) is 0 Å². The first kappa shape index (κ1) is 9.48. The summed E-state index contributed by atoms with van der Waals surface area (Å²) in [7, 11) is 0. The summed E-state index contributed by atoms with van der Waals surface area (Å²) >= 11 is 0. The summed E-state index contributed by atoms with van der Waals surface area (Å²) in [6.45, 7) is 0. The van der Waals surface area contributed by atoms with Gasteiger partial charge in [-0.15, -0.1) is 0 Å². The van der Waals surface area contributed by atoms with Gasteiger partial charge in [-0.25, -0.2) is 0 Å². The molecule has 1 rings (SSSR count). The number of nitrogens with two attached hydrogens (primary N) is 2. The summed E-state index contributed by atoms with van der Waals surface area (Å²) in [5, 5.41) is 8.61. The molecule has 12 heavy (non-hydrogen) atoms. The Morgan fingerprint density at radius 1 is 1.33 bits per heavy atom. The monoisotopic (exact) mass is 172 g/mol. The van der Waals surface area contributed by atoms with Gasteiger partial charge in [0.15, 0.2) is 0 Å². The second-order valence-electron chi connectivity index (χ2n) is 3.49. The smallest absolute Gasteiger partial charge is 0.322 e. The molecular formula is C8H16N2O2. The predicted molar refractivity (Wildman–Crippen MR) is 45.5 cm³/mol. The summed E-state index contributed by atoms with van der Waals surface area (Å²) in [5.41, 5.74) is 11.1. The zero-order valence-electron chi connectivity index (χ0n) is 7.07. The largest absolute Gasteiger partial charge is 0.480 e. The highest BCUT2D eigenvalue weighted by Gasteiger charge is 2.30. The van der Waals surface area contributed by atoms with E-state index < -0.39 is 12.0 Å². The van der Waals surface area contributed by atoms with Gasteiger partial charge in [-0.05, 0) is 18.8 Å². The maximum atomic E-state index is 10.5. The van der Waals surface area contributed by atoms with Crippen molar-refractivity contribution in [3.8, 4) is 0 Å². The fourth-order valence-corrected chi connectivity index (χ4v) is 1.80. The molecule has 4 heteroatoms. The number of rotatable bonds is 3. The molecule has 0 aromatic carbocycles. The van der Waals surface area contributed by atoms with Crippen LogP contribution in [0.3, 0.4) is 0 Å². The van der Waals surface area contributed by atoms with Crippen molar-refractivity contribution >= 4 is 5.97 Å². The minimum absolute atomic E-state index is 0.316. The van der Waals surface area contributed by atoms with Crippen molar-refractivity contribution in [2.45, 2.75) is 37.8 Å². The Morgan fingerprint density at radius 2 is 1.83 bits per heavy atom. The molecule has 1 aliphatic carbocycles. The van der Waals surface area contributed by atoms with Gasteiger partial charge in [0.2, 0.25) is 0 Å². The molecule has 2 unspecified atom stereocenters. The Kier molecular flexibility index (Phi) is 3.05. The molecule has 0 aromatic rings. The van der Waals surface area contributed by atoms with Gasteiger partial charge in [0.25, 0.3) is 0 Å². The normalized spacial score (nSPS) is 23.8. The van der Waals surface area contributed by atoms with Crippen LogP contribution in [-0.2, 0) is 4.79 Å². The zero-order chi connectivity index (χ0) is 9.14. The Bertz CT molecular complexity index is 166. The summed E-state index contributed by atoms with van der Waals surface area (Å²) in [5.74, 6) is -0.675. The van der Waals surface area contributed by atoms with Crippen molar-refractivity contribution in [2.75, 3.05) is 0 Å². The highest BCUT2D eigenvalue weighted by atomic mass is 16.4. The van der Waals surface area contributed by atoms with Crippen molar-refractivity contribution in [1.29, 1.82) is 0 Å². The number of carboxylic acids is 1. The third kappa shape index (κ3) is 1.95. The number of carboxylic acid groups (broad SMARTS) is 1. The van der Waals surface area contributed by atoms with Crippen molar-refractivity contribution in [2.24, 2.45) is 17.4 Å². The summed E-state index contributed by atoms with van der Waals surface area (Å²) in [6.07, 6.45) is 4.37. The molecule has 0 amide bonds. The molecule has 0 aliphatic heterocycles. The lowest BCUT2D eigenvalue weighted by Gasteiger charge is -2.21. The van der Waals surface area contributed by atoms with Crippen molar-refractivity contribution in [1.82, 2.24) is 0 Å². The van der Waals surface area contributed by atoms with Crippen LogP contribution in [0.2, 0.25) is 0 Å². The molecule has 1 saturated carbocycles. The molecule has 0 saturated heterocycles. The van der Waals surface area contributed by atoms with Gasteiger partial charge in [-0.2, -0.15) is 0 Å². The lowest BCUT2D eigenvalue weighted by Crippen LogP contribution is -2.50. The van der Waals surface area contributed by atoms with Crippen LogP contribution in [0.15, 0.2) is 0 Å². The predicted octanol–water partition coefficient (Wildman–Crippen LogP) is -0.0842. The summed E-state index contributed by atoms with van der Waals surface area (Å²) in [4.78, 5) is 10.5. The van der Waals surface area contributed by atoms with Crippen LogP contribution in [0.25, 0.3) is 0 Å². The van der Waals surface area contributed by atoms with Gasteiger partial charge < -0.3 is 16.6 Å². The van der Waals surface area contributed by atoms with Crippen LogP contribution in [0.5, 0.6) is 0 Å². The van der Waals surface area contributed by atoms with Gasteiger partial charge in [-0.1, -0.05) is 12.8 Å². The van der Waals surface area contributed by atoms with E-state index in [4.69, 9.17) is 16.6 Å². The van der Waals surface area contributed by atoms with E-state index in [1.165, 1.54) is 0 Å². The number of hydrogen-bond donors (Lipinski definition) is 3. The van der Waals surface area contributed by atoms with E-state index in [1.54, 1.807) is 0 Å². The molecule has 4 nitrogen and oxygen atoms in total. The Balaban J connectivity index is 2.44. The molecule has 0 radical (unpaired) electrons. The second-order valence-corrected chi connectivity index (χ2v) is 3.49. The molecule has 70 valence electrons. The van der Waals surface area contributed by atoms with E-state index >= 15 is 0 Å². The number of carbonyl (C=O) groups is 1. The van der Waals surface area contributed by atoms with Crippen LogP contribution in [0.4, 0.5) is 0 Å². The molecule has 0 heterocycles. The van der Waals surface area contributed by atoms with E-state index in [0.29, 0.717) is 5.92 Å². The molecule has 2 atom stereocenters. The molecule has 0 aromatic heterocycles. The van der Waals surface area contributed by atoms with Crippen molar-refractivity contribution in [3.05, 3.63) is 0 Å². The first-order valence-electron chi connectivity index (χ1n) is 4.37. The molecule has 1 fully saturated rings. The highest BCUT2D eigenvalue weighted by Crippen LogP contribution is 2.27. The van der Waals surface area contributed by atoms with Crippen LogP contribution in [0.1, 0.15) is 25.7 Å². The maximum absolute atomic E-state index is 10.5. The standard InChI is InChI=1S/C8H16N2O2/c9-6(7(10)8(11)12)5-3-1-2-4-5/h5-7H,1-4,9-10H2,(H,11,12). The summed E-state index contributed by atoms with van der Waals surface area (Å²) in [6, 6.07) is -1.27. The topological polar surface area (TPSA) is 89.3 Å². The Morgan fingerprint density at radius 3 is 2.25 bits per heavy atom. The maximum Gasteiger partial charge on any atom is 0.322 e. The zero-order valence-corrected chi connectivity index (χ0v) is 7.07. The lowest BCUT2D eigenvalue weighted by atomic mass is 9.93. The number of aliphatic carboxylic acids is 1. The molecule has 0 bridgehead atoms. The average Bonchev–Trinajstić information content (AvgIpc) is 2.53. The highest BCUT2D eigenvalue weighted by molar-refractivity contribution is 5.74. The van der Waals surface area contributed by atoms with Crippen LogP contribution < -0.4 is 11.5 Å². The summed E-state index contributed by atoms with van der Waals surface area (Å²) < 4.78 is 0. The lowest BCUT2D eigenvalue weighted by molar-refractivity contribution is -0.139. The van der Waals surface area contributed by atoms with Crippen molar-refractivity contribution < 1.29 is 9.90 Å². The van der Waals surface area contributed by atoms with E-state index in [0.717, 1.165) is 25.7 Å². The first-order valence-corrected chi connectivity index (χ1v) is 4.37. The average molecular weight is 172 g/mol. The number of hydrogen-bond acceptors (Lipinski definition) is 3. The molecular weight excluding hydrogens is 156 g/mol. The Hall–Kier alpha value is -0.610. The van der Waals surface area contributed by atoms with Crippen LogP contribution in [-0.4, -0.2) is 23.2 Å².